The lowest BCUT2D eigenvalue weighted by atomic mass is 9.66. The van der Waals surface area contributed by atoms with E-state index in [0.29, 0.717) is 0 Å². The second-order valence-electron chi connectivity index (χ2n) is 20.6. The van der Waals surface area contributed by atoms with Crippen LogP contribution < -0.4 is 4.90 Å². The van der Waals surface area contributed by atoms with Crippen molar-refractivity contribution in [2.24, 2.45) is 0 Å². The quantitative estimate of drug-likeness (QED) is 0.143. The van der Waals surface area contributed by atoms with Gasteiger partial charge in [-0.25, -0.2) is 0 Å². The first kappa shape index (κ1) is 44.7. The number of furan rings is 1. The molecule has 2 heteroatoms. The number of benzene rings is 12. The molecule has 0 saturated heterocycles. The van der Waals surface area contributed by atoms with Gasteiger partial charge in [0, 0.05) is 28.2 Å². The maximum absolute atomic E-state index is 7.03. The topological polar surface area (TPSA) is 16.4 Å². The van der Waals surface area contributed by atoms with Crippen molar-refractivity contribution in [1.29, 1.82) is 0 Å². The minimum Gasteiger partial charge on any atom is -0.455 e. The normalized spacial score (nSPS) is 14.6. The lowest BCUT2D eigenvalue weighted by Gasteiger charge is -2.36. The largest absolute Gasteiger partial charge is 0.455 e. The van der Waals surface area contributed by atoms with Crippen LogP contribution in [0, 0.1) is 0 Å². The number of hydrogen-bond acceptors (Lipinski definition) is 2. The molecule has 77 heavy (non-hydrogen) atoms. The van der Waals surface area contributed by atoms with Gasteiger partial charge in [-0.1, -0.05) is 237 Å². The van der Waals surface area contributed by atoms with Crippen LogP contribution in [-0.2, 0) is 5.41 Å². The van der Waals surface area contributed by atoms with E-state index in [1.165, 1.54) is 77.2 Å². The molecule has 0 saturated carbocycles. The summed E-state index contributed by atoms with van der Waals surface area (Å²) in [6.07, 6.45) is 6.00. The number of nitrogens with zero attached hydrogens (tertiary/aromatic N) is 1. The lowest BCUT2D eigenvalue weighted by molar-refractivity contribution is 0.670. The molecule has 1 atom stereocenters. The summed E-state index contributed by atoms with van der Waals surface area (Å²) in [5.74, 6) is 0.123. The monoisotopic (exact) mass is 981 g/mol. The highest BCUT2D eigenvalue weighted by Crippen LogP contribution is 2.59. The van der Waals surface area contributed by atoms with Crippen molar-refractivity contribution in [2.75, 3.05) is 4.90 Å². The zero-order valence-corrected chi connectivity index (χ0v) is 42.4. The Balaban J connectivity index is 0.898. The molecule has 13 aromatic rings. The third-order valence-corrected chi connectivity index (χ3v) is 16.5. The van der Waals surface area contributed by atoms with Crippen LogP contribution in [0.5, 0.6) is 0 Å². The Morgan fingerprint density at radius 2 is 1.03 bits per heavy atom. The zero-order chi connectivity index (χ0) is 50.9. The number of allylic oxidation sites excluding steroid dienone is 4. The molecule has 0 aliphatic heterocycles. The van der Waals surface area contributed by atoms with Crippen molar-refractivity contribution >= 4 is 66.1 Å². The van der Waals surface area contributed by atoms with Gasteiger partial charge in [0.15, 0.2) is 0 Å². The third kappa shape index (κ3) is 7.32. The van der Waals surface area contributed by atoms with Crippen LogP contribution in [0.2, 0.25) is 0 Å². The van der Waals surface area contributed by atoms with Crippen LogP contribution in [-0.4, -0.2) is 0 Å². The van der Waals surface area contributed by atoms with Gasteiger partial charge in [0.2, 0.25) is 0 Å². The van der Waals surface area contributed by atoms with Crippen molar-refractivity contribution in [3.8, 4) is 33.4 Å². The van der Waals surface area contributed by atoms with Crippen molar-refractivity contribution in [3.63, 3.8) is 0 Å². The molecular formula is C75H51NO. The third-order valence-electron chi connectivity index (χ3n) is 16.5. The van der Waals surface area contributed by atoms with Crippen molar-refractivity contribution < 1.29 is 4.42 Å². The van der Waals surface area contributed by atoms with E-state index in [2.05, 4.69) is 296 Å². The average Bonchev–Trinajstić information content (AvgIpc) is 4.11. The van der Waals surface area contributed by atoms with Crippen LogP contribution in [0.15, 0.2) is 301 Å². The van der Waals surface area contributed by atoms with E-state index in [1.807, 2.05) is 0 Å². The fourth-order valence-electron chi connectivity index (χ4n) is 12.9. The Morgan fingerprint density at radius 3 is 1.84 bits per heavy atom. The summed E-state index contributed by atoms with van der Waals surface area (Å²) in [5, 5.41) is 7.04. The molecule has 0 spiro atoms. The minimum atomic E-state index is -0.468. The van der Waals surface area contributed by atoms with Crippen LogP contribution in [0.4, 0.5) is 17.1 Å². The average molecular weight is 982 g/mol. The van der Waals surface area contributed by atoms with E-state index in [1.54, 1.807) is 0 Å². The number of anilines is 3. The van der Waals surface area contributed by atoms with Gasteiger partial charge in [0.05, 0.1) is 16.5 Å². The van der Waals surface area contributed by atoms with Crippen LogP contribution >= 0.6 is 0 Å². The summed E-state index contributed by atoms with van der Waals surface area (Å²) in [7, 11) is 0. The Hall–Kier alpha value is -9.76. The van der Waals surface area contributed by atoms with Gasteiger partial charge in [0.25, 0.3) is 0 Å². The Labute approximate surface area is 448 Å². The second-order valence-corrected chi connectivity index (χ2v) is 20.6. The fourth-order valence-corrected chi connectivity index (χ4v) is 12.9. The van der Waals surface area contributed by atoms with Crippen LogP contribution in [0.1, 0.15) is 40.2 Å². The summed E-state index contributed by atoms with van der Waals surface area (Å²) >= 11 is 0. The highest BCUT2D eigenvalue weighted by Gasteiger charge is 2.49. The molecule has 2 aliphatic rings. The van der Waals surface area contributed by atoms with E-state index in [9.17, 15) is 0 Å². The molecule has 0 N–H and O–H groups in total. The van der Waals surface area contributed by atoms with Gasteiger partial charge in [-0.15, -0.1) is 0 Å². The fraction of sp³-hybridized carbons (Fsp3) is 0.0400. The Kier molecular flexibility index (Phi) is 10.6. The van der Waals surface area contributed by atoms with E-state index < -0.39 is 5.41 Å². The Bertz CT molecular complexity index is 4440. The van der Waals surface area contributed by atoms with Crippen LogP contribution in [0.3, 0.4) is 0 Å². The molecule has 2 nitrogen and oxygen atoms in total. The van der Waals surface area contributed by atoms with E-state index in [-0.39, 0.29) is 5.92 Å². The Morgan fingerprint density at radius 1 is 0.403 bits per heavy atom. The molecule has 1 heterocycles. The molecular weight excluding hydrogens is 931 g/mol. The molecule has 0 amide bonds. The standard InChI is InChI=1S/C75H51NO/c1-3-25-59(26-4-1)75(60-27-5-2-6-28-60)69-34-13-11-31-65(69)66-43-40-58(49-70(66)75)56-24-16-29-62(48-56)76(61-41-38-51(39-42-61)54-22-15-23-55(46-54)57-37-36-50-18-7-8-20-53(50)47-57)71-45-44-67(64-33-17-21-52-19-9-10-30-63(52)64)74-73(71)68-32-12-14-35-72(68)77-74/h1-39,41-49,58H,40H2. The summed E-state index contributed by atoms with van der Waals surface area (Å²) in [5.41, 5.74) is 20.6. The first-order valence-corrected chi connectivity index (χ1v) is 26.8. The highest BCUT2D eigenvalue weighted by molar-refractivity contribution is 6.18. The van der Waals surface area contributed by atoms with E-state index in [4.69, 9.17) is 4.42 Å². The van der Waals surface area contributed by atoms with E-state index >= 15 is 0 Å². The number of fused-ring (bicyclic) bond motifs is 8. The smallest absolute Gasteiger partial charge is 0.145 e. The molecule has 15 rings (SSSR count). The first-order valence-electron chi connectivity index (χ1n) is 26.8. The molecule has 12 aromatic carbocycles. The highest BCUT2D eigenvalue weighted by atomic mass is 16.3. The summed E-state index contributed by atoms with van der Waals surface area (Å²) in [4.78, 5) is 2.46. The minimum absolute atomic E-state index is 0.123. The van der Waals surface area contributed by atoms with Crippen LogP contribution in [0.25, 0.3) is 82.4 Å². The van der Waals surface area contributed by atoms with Gasteiger partial charge >= 0.3 is 0 Å². The summed E-state index contributed by atoms with van der Waals surface area (Å²) in [6, 6.07) is 102. The second kappa shape index (κ2) is 18.3. The number of hydrogen-bond donors (Lipinski definition) is 0. The SMILES string of the molecule is C1=C2C(=CC(c3cccc(N(c4ccc(-c5cccc(-c6ccc7ccccc7c6)c5)cc4)c4ccc(-c5cccc6ccccc56)c5oc6ccccc6c45)c3)C1)C(c1ccccc1)(c1ccccc1)c1ccccc12. The molecule has 0 radical (unpaired) electrons. The maximum Gasteiger partial charge on any atom is 0.145 e. The molecule has 2 aliphatic carbocycles. The van der Waals surface area contributed by atoms with Crippen molar-refractivity contribution in [3.05, 3.63) is 325 Å². The number of para-hydroxylation sites is 1. The van der Waals surface area contributed by atoms with Crippen molar-refractivity contribution in [2.45, 2.75) is 17.8 Å². The van der Waals surface area contributed by atoms with Crippen molar-refractivity contribution in [1.82, 2.24) is 0 Å². The molecule has 0 fully saturated rings. The van der Waals surface area contributed by atoms with E-state index in [0.717, 1.165) is 62.1 Å². The van der Waals surface area contributed by atoms with Gasteiger partial charge in [-0.05, 0) is 149 Å². The molecule has 362 valence electrons. The van der Waals surface area contributed by atoms with Gasteiger partial charge in [0.1, 0.15) is 11.2 Å². The summed E-state index contributed by atoms with van der Waals surface area (Å²) in [6.45, 7) is 0. The van der Waals surface area contributed by atoms with Gasteiger partial charge in [-0.3, -0.25) is 0 Å². The van der Waals surface area contributed by atoms with Gasteiger partial charge in [-0.2, -0.15) is 0 Å². The molecule has 1 aromatic heterocycles. The lowest BCUT2D eigenvalue weighted by Crippen LogP contribution is -2.29. The molecule has 1 unspecified atom stereocenters. The predicted octanol–water partition coefficient (Wildman–Crippen LogP) is 20.2. The first-order chi connectivity index (χ1) is 38.2. The molecule has 0 bridgehead atoms. The summed E-state index contributed by atoms with van der Waals surface area (Å²) < 4.78 is 7.03. The zero-order valence-electron chi connectivity index (χ0n) is 42.4. The van der Waals surface area contributed by atoms with Gasteiger partial charge < -0.3 is 9.32 Å². The maximum atomic E-state index is 7.03. The number of rotatable bonds is 9. The predicted molar refractivity (Wildman–Crippen MR) is 322 cm³/mol.